The van der Waals surface area contributed by atoms with Gasteiger partial charge in [0.1, 0.15) is 0 Å². The first-order valence-corrected chi connectivity index (χ1v) is 5.09. The highest BCUT2D eigenvalue weighted by Crippen LogP contribution is 2.19. The molecule has 2 N–H and O–H groups in total. The summed E-state index contributed by atoms with van der Waals surface area (Å²) < 4.78 is 0. The van der Waals surface area contributed by atoms with Gasteiger partial charge in [0.2, 0.25) is 0 Å². The van der Waals surface area contributed by atoms with E-state index in [9.17, 15) is 0 Å². The summed E-state index contributed by atoms with van der Waals surface area (Å²) in [6, 6.07) is 12.5. The van der Waals surface area contributed by atoms with E-state index >= 15 is 0 Å². The molecule has 1 heterocycles. The summed E-state index contributed by atoms with van der Waals surface area (Å²) in [4.78, 5) is 1.32. The van der Waals surface area contributed by atoms with Crippen molar-refractivity contribution >= 4 is 17.0 Å². The summed E-state index contributed by atoms with van der Waals surface area (Å²) in [6.45, 7) is 0. The zero-order valence-corrected chi connectivity index (χ0v) is 8.05. The Morgan fingerprint density at radius 1 is 1.15 bits per heavy atom. The third-order valence-corrected chi connectivity index (χ3v) is 2.85. The fourth-order valence-corrected chi connectivity index (χ4v) is 2.10. The molecule has 0 fully saturated rings. The summed E-state index contributed by atoms with van der Waals surface area (Å²) in [5, 5.41) is 1.98. The lowest BCUT2D eigenvalue weighted by Crippen LogP contribution is -1.83. The van der Waals surface area contributed by atoms with E-state index in [2.05, 4.69) is 24.3 Å². The molecule has 1 aromatic heterocycles. The van der Waals surface area contributed by atoms with Crippen molar-refractivity contribution in [3.8, 4) is 0 Å². The second kappa shape index (κ2) is 3.62. The second-order valence-corrected chi connectivity index (χ2v) is 4.00. The van der Waals surface area contributed by atoms with Crippen LogP contribution in [0.3, 0.4) is 0 Å². The van der Waals surface area contributed by atoms with E-state index in [1.807, 2.05) is 17.5 Å². The summed E-state index contributed by atoms with van der Waals surface area (Å²) in [5.74, 6) is 0. The lowest BCUT2D eigenvalue weighted by Gasteiger charge is -1.96. The van der Waals surface area contributed by atoms with Crippen molar-refractivity contribution in [2.75, 3.05) is 5.73 Å². The maximum atomic E-state index is 5.64. The van der Waals surface area contributed by atoms with E-state index in [1.165, 1.54) is 10.4 Å². The van der Waals surface area contributed by atoms with Gasteiger partial charge in [-0.2, -0.15) is 0 Å². The Hall–Kier alpha value is -1.28. The highest BCUT2D eigenvalue weighted by atomic mass is 32.1. The molecule has 0 unspecified atom stereocenters. The predicted molar refractivity (Wildman–Crippen MR) is 58.0 cm³/mol. The normalized spacial score (nSPS) is 10.2. The van der Waals surface area contributed by atoms with E-state index in [-0.39, 0.29) is 0 Å². The number of nitrogen functional groups attached to an aromatic ring is 1. The maximum absolute atomic E-state index is 5.64. The van der Waals surface area contributed by atoms with Gasteiger partial charge < -0.3 is 5.73 Å². The highest BCUT2D eigenvalue weighted by molar-refractivity contribution is 7.10. The fourth-order valence-electron chi connectivity index (χ4n) is 1.29. The van der Waals surface area contributed by atoms with Crippen molar-refractivity contribution in [2.24, 2.45) is 0 Å². The molecule has 1 aromatic carbocycles. The van der Waals surface area contributed by atoms with Crippen molar-refractivity contribution in [1.82, 2.24) is 0 Å². The summed E-state index contributed by atoms with van der Waals surface area (Å²) in [5.41, 5.74) is 7.85. The van der Waals surface area contributed by atoms with Crippen LogP contribution >= 0.6 is 11.3 Å². The fraction of sp³-hybridized carbons (Fsp3) is 0.0909. The van der Waals surface area contributed by atoms with Gasteiger partial charge in [-0.05, 0) is 11.6 Å². The first-order valence-electron chi connectivity index (χ1n) is 4.21. The average Bonchev–Trinajstić information content (AvgIpc) is 2.53. The van der Waals surface area contributed by atoms with Gasteiger partial charge in [0.05, 0.1) is 0 Å². The molecule has 2 heteroatoms. The number of thiophene rings is 1. The van der Waals surface area contributed by atoms with E-state index in [0.717, 1.165) is 12.1 Å². The van der Waals surface area contributed by atoms with Gasteiger partial charge in [-0.1, -0.05) is 30.3 Å². The smallest absolute Gasteiger partial charge is 0.0425 e. The Labute approximate surface area is 81.8 Å². The number of rotatable bonds is 2. The van der Waals surface area contributed by atoms with Gasteiger partial charge in [0.25, 0.3) is 0 Å². The number of anilines is 1. The quantitative estimate of drug-likeness (QED) is 0.772. The second-order valence-electron chi connectivity index (χ2n) is 3.01. The molecule has 2 aromatic rings. The van der Waals surface area contributed by atoms with Crippen LogP contribution in [0.5, 0.6) is 0 Å². The predicted octanol–water partition coefficient (Wildman–Crippen LogP) is 2.92. The maximum Gasteiger partial charge on any atom is 0.0425 e. The molecule has 66 valence electrons. The number of hydrogen-bond donors (Lipinski definition) is 1. The van der Waals surface area contributed by atoms with Gasteiger partial charge in [0, 0.05) is 22.4 Å². The first-order chi connectivity index (χ1) is 6.34. The molecule has 0 atom stereocenters. The van der Waals surface area contributed by atoms with Crippen molar-refractivity contribution in [3.63, 3.8) is 0 Å². The Balaban J connectivity index is 2.15. The van der Waals surface area contributed by atoms with Crippen LogP contribution in [0.25, 0.3) is 0 Å². The molecule has 2 rings (SSSR count). The molecule has 0 saturated carbocycles. The molecular formula is C11H11NS. The van der Waals surface area contributed by atoms with Crippen LogP contribution in [-0.4, -0.2) is 0 Å². The third kappa shape index (κ3) is 2.10. The van der Waals surface area contributed by atoms with E-state index in [0.29, 0.717) is 0 Å². The van der Waals surface area contributed by atoms with Crippen LogP contribution < -0.4 is 5.73 Å². The molecule has 0 aliphatic heterocycles. The van der Waals surface area contributed by atoms with E-state index < -0.39 is 0 Å². The third-order valence-electron chi connectivity index (χ3n) is 1.90. The van der Waals surface area contributed by atoms with Crippen LogP contribution in [0, 0.1) is 0 Å². The minimum absolute atomic E-state index is 0.871. The largest absolute Gasteiger partial charge is 0.398 e. The SMILES string of the molecule is Nc1csc(Cc2ccccc2)c1. The van der Waals surface area contributed by atoms with Crippen LogP contribution in [0.4, 0.5) is 5.69 Å². The zero-order chi connectivity index (χ0) is 9.10. The van der Waals surface area contributed by atoms with Crippen molar-refractivity contribution in [3.05, 3.63) is 52.2 Å². The van der Waals surface area contributed by atoms with Crippen LogP contribution in [0.15, 0.2) is 41.8 Å². The van der Waals surface area contributed by atoms with Crippen LogP contribution in [0.1, 0.15) is 10.4 Å². The van der Waals surface area contributed by atoms with Crippen LogP contribution in [0.2, 0.25) is 0 Å². The van der Waals surface area contributed by atoms with Gasteiger partial charge in [-0.3, -0.25) is 0 Å². The Bertz CT molecular complexity index is 378. The van der Waals surface area contributed by atoms with Gasteiger partial charge >= 0.3 is 0 Å². The molecule has 0 amide bonds. The van der Waals surface area contributed by atoms with Crippen LogP contribution in [-0.2, 0) is 6.42 Å². The lowest BCUT2D eigenvalue weighted by molar-refractivity contribution is 1.24. The van der Waals surface area contributed by atoms with Crippen molar-refractivity contribution in [2.45, 2.75) is 6.42 Å². The topological polar surface area (TPSA) is 26.0 Å². The molecule has 13 heavy (non-hydrogen) atoms. The van der Waals surface area contributed by atoms with E-state index in [4.69, 9.17) is 5.73 Å². The minimum Gasteiger partial charge on any atom is -0.398 e. The molecule has 0 radical (unpaired) electrons. The summed E-state index contributed by atoms with van der Waals surface area (Å²) in [6.07, 6.45) is 0.989. The average molecular weight is 189 g/mol. The Morgan fingerprint density at radius 2 is 1.92 bits per heavy atom. The molecule has 0 aliphatic carbocycles. The Morgan fingerprint density at radius 3 is 2.54 bits per heavy atom. The summed E-state index contributed by atoms with van der Waals surface area (Å²) >= 11 is 1.72. The lowest BCUT2D eigenvalue weighted by atomic mass is 10.1. The molecule has 0 spiro atoms. The number of benzene rings is 1. The molecule has 0 bridgehead atoms. The number of hydrogen-bond acceptors (Lipinski definition) is 2. The summed E-state index contributed by atoms with van der Waals surface area (Å²) in [7, 11) is 0. The standard InChI is InChI=1S/C11H11NS/c12-10-7-11(13-8-10)6-9-4-2-1-3-5-9/h1-5,7-8H,6,12H2. The van der Waals surface area contributed by atoms with Gasteiger partial charge in [-0.15, -0.1) is 11.3 Å². The first kappa shape index (κ1) is 8.32. The highest BCUT2D eigenvalue weighted by Gasteiger charge is 1.97. The number of nitrogens with two attached hydrogens (primary N) is 1. The monoisotopic (exact) mass is 189 g/mol. The molecule has 1 nitrogen and oxygen atoms in total. The van der Waals surface area contributed by atoms with Gasteiger partial charge in [0.15, 0.2) is 0 Å². The van der Waals surface area contributed by atoms with Crippen molar-refractivity contribution < 1.29 is 0 Å². The molecular weight excluding hydrogens is 178 g/mol. The van der Waals surface area contributed by atoms with Gasteiger partial charge in [-0.25, -0.2) is 0 Å². The Kier molecular flexibility index (Phi) is 2.32. The zero-order valence-electron chi connectivity index (χ0n) is 7.23. The van der Waals surface area contributed by atoms with Crippen molar-refractivity contribution in [1.29, 1.82) is 0 Å². The molecule has 0 saturated heterocycles. The molecule has 0 aliphatic rings. The van der Waals surface area contributed by atoms with E-state index in [1.54, 1.807) is 11.3 Å². The minimum atomic E-state index is 0.871.